The molecule has 0 bridgehead atoms. The van der Waals surface area contributed by atoms with Crippen molar-refractivity contribution in [3.63, 3.8) is 0 Å². The van der Waals surface area contributed by atoms with Gasteiger partial charge in [0.15, 0.2) is 0 Å². The molecule has 1 aliphatic rings. The van der Waals surface area contributed by atoms with Crippen molar-refractivity contribution in [1.82, 2.24) is 0 Å². The third-order valence-electron chi connectivity index (χ3n) is 9.52. The molecule has 0 fully saturated rings. The van der Waals surface area contributed by atoms with Crippen LogP contribution in [0.25, 0.3) is 11.1 Å². The van der Waals surface area contributed by atoms with Crippen molar-refractivity contribution < 1.29 is 28.5 Å². The summed E-state index contributed by atoms with van der Waals surface area (Å²) >= 11 is 0. The van der Waals surface area contributed by atoms with Gasteiger partial charge in [-0.2, -0.15) is 0 Å². The van der Waals surface area contributed by atoms with Crippen LogP contribution in [-0.2, 0) is 24.5 Å². The Hall–Kier alpha value is -5.98. The van der Waals surface area contributed by atoms with E-state index in [0.29, 0.717) is 26.4 Å². The Kier molecular flexibility index (Phi) is 15.0. The van der Waals surface area contributed by atoms with Crippen LogP contribution in [0.1, 0.15) is 98.6 Å². The van der Waals surface area contributed by atoms with Gasteiger partial charge in [-0.3, -0.25) is 0 Å². The highest BCUT2D eigenvalue weighted by molar-refractivity contribution is 5.82. The Bertz CT molecular complexity index is 1920. The van der Waals surface area contributed by atoms with Crippen LogP contribution in [-0.4, -0.2) is 38.4 Å². The van der Waals surface area contributed by atoms with E-state index in [-0.39, 0.29) is 17.4 Å². The van der Waals surface area contributed by atoms with Gasteiger partial charge in [0.2, 0.25) is 0 Å². The second-order valence-corrected chi connectivity index (χ2v) is 14.0. The van der Waals surface area contributed by atoms with Crippen LogP contribution < -0.4 is 9.47 Å². The van der Waals surface area contributed by atoms with Gasteiger partial charge in [-0.1, -0.05) is 62.8 Å². The van der Waals surface area contributed by atoms with Crippen molar-refractivity contribution in [3.05, 3.63) is 144 Å². The van der Waals surface area contributed by atoms with Crippen LogP contribution in [0, 0.1) is 23.7 Å². The van der Waals surface area contributed by atoms with Crippen molar-refractivity contribution in [1.29, 1.82) is 0 Å². The fourth-order valence-electron chi connectivity index (χ4n) is 6.41. The second kappa shape index (κ2) is 20.5. The van der Waals surface area contributed by atoms with Gasteiger partial charge in [0, 0.05) is 39.8 Å². The number of esters is 2. The van der Waals surface area contributed by atoms with Crippen LogP contribution in [0.4, 0.5) is 0 Å². The molecule has 55 heavy (non-hydrogen) atoms. The Morgan fingerprint density at radius 2 is 0.855 bits per heavy atom. The second-order valence-electron chi connectivity index (χ2n) is 14.0. The summed E-state index contributed by atoms with van der Waals surface area (Å²) in [4.78, 5) is 22.2. The summed E-state index contributed by atoms with van der Waals surface area (Å²) in [7, 11) is 0. The zero-order valence-electron chi connectivity index (χ0n) is 32.1. The summed E-state index contributed by atoms with van der Waals surface area (Å²) < 4.78 is 21.8. The number of fused-ring (bicyclic) bond motifs is 3. The van der Waals surface area contributed by atoms with Gasteiger partial charge in [-0.05, 0) is 146 Å². The lowest BCUT2D eigenvalue weighted by Gasteiger charge is -2.21. The number of benzene rings is 4. The third kappa shape index (κ3) is 12.0. The predicted octanol–water partition coefficient (Wildman–Crippen LogP) is 10.1. The van der Waals surface area contributed by atoms with Gasteiger partial charge in [-0.15, -0.1) is 0 Å². The van der Waals surface area contributed by atoms with E-state index >= 15 is 0 Å². The Labute approximate surface area is 326 Å². The number of ether oxygens (including phenoxy) is 4. The lowest BCUT2D eigenvalue weighted by Crippen LogP contribution is -2.15. The lowest BCUT2D eigenvalue weighted by atomic mass is 9.81. The first-order chi connectivity index (χ1) is 26.8. The fourth-order valence-corrected chi connectivity index (χ4v) is 6.41. The Balaban J connectivity index is 1.09. The molecule has 0 spiro atoms. The van der Waals surface area contributed by atoms with Crippen LogP contribution in [0.5, 0.6) is 11.5 Å². The molecule has 0 amide bonds. The molecule has 0 atom stereocenters. The maximum Gasteiger partial charge on any atom is 0.330 e. The highest BCUT2D eigenvalue weighted by Gasteiger charge is 2.35. The first-order valence-electron chi connectivity index (χ1n) is 19.1. The molecule has 5 rings (SSSR count). The van der Waals surface area contributed by atoms with Crippen LogP contribution in [0.2, 0.25) is 0 Å². The minimum atomic E-state index is -0.369. The van der Waals surface area contributed by atoms with E-state index < -0.39 is 0 Å². The SMILES string of the molecule is C=CC(=O)OCCCCCCOc1ccc(C#Cc2ccc3c(c2)C(C)(C)c2cc(C#Cc4ccc(OCCCCCCOC(=O)C=C)cc4)ccc2-3)cc1. The number of unbranched alkanes of at least 4 members (excludes halogenated alkanes) is 6. The molecule has 0 saturated heterocycles. The molecule has 4 aromatic rings. The zero-order chi connectivity index (χ0) is 38.9. The summed E-state index contributed by atoms with van der Waals surface area (Å²) in [6.45, 7) is 13.5. The maximum atomic E-state index is 11.1. The van der Waals surface area contributed by atoms with Gasteiger partial charge in [0.05, 0.1) is 26.4 Å². The van der Waals surface area contributed by atoms with Gasteiger partial charge in [0.1, 0.15) is 11.5 Å². The van der Waals surface area contributed by atoms with E-state index in [1.54, 1.807) is 0 Å². The number of hydrogen-bond donors (Lipinski definition) is 0. The molecule has 6 nitrogen and oxygen atoms in total. The molecule has 0 saturated carbocycles. The minimum Gasteiger partial charge on any atom is -0.494 e. The monoisotopic (exact) mass is 734 g/mol. The summed E-state index contributed by atoms with van der Waals surface area (Å²) in [6.07, 6.45) is 9.96. The Morgan fingerprint density at radius 1 is 0.509 bits per heavy atom. The van der Waals surface area contributed by atoms with E-state index in [4.69, 9.17) is 18.9 Å². The summed E-state index contributed by atoms with van der Waals surface area (Å²) in [5, 5.41) is 0. The summed E-state index contributed by atoms with van der Waals surface area (Å²) in [5.41, 5.74) is 8.67. The molecule has 0 N–H and O–H groups in total. The van der Waals surface area contributed by atoms with Crippen LogP contribution in [0.15, 0.2) is 110 Å². The molecular formula is C49H50O6. The highest BCUT2D eigenvalue weighted by atomic mass is 16.5. The van der Waals surface area contributed by atoms with Crippen LogP contribution >= 0.6 is 0 Å². The number of hydrogen-bond acceptors (Lipinski definition) is 6. The standard InChI is InChI=1S/C49H50O6/c1-5-47(50)54-33-13-9-7-11-31-52-41-25-19-37(20-26-41)15-17-39-23-29-43-44-30-24-40(36-46(44)49(3,4)45(43)35-39)18-16-38-21-27-42(28-22-38)53-32-12-8-10-14-34-55-48(51)6-2/h5-6,19-30,35-36H,1-2,7-14,31-34H2,3-4H3. The van der Waals surface area contributed by atoms with Crippen molar-refractivity contribution >= 4 is 11.9 Å². The first-order valence-corrected chi connectivity index (χ1v) is 19.1. The number of carbonyl (C=O) groups is 2. The molecule has 0 heterocycles. The van der Waals surface area contributed by atoms with Crippen molar-refractivity contribution in [2.45, 2.75) is 70.6 Å². The van der Waals surface area contributed by atoms with E-state index in [2.05, 4.69) is 87.1 Å². The summed E-state index contributed by atoms with van der Waals surface area (Å²) in [6, 6.07) is 28.9. The lowest BCUT2D eigenvalue weighted by molar-refractivity contribution is -0.138. The highest BCUT2D eigenvalue weighted by Crippen LogP contribution is 2.49. The molecular weight excluding hydrogens is 685 g/mol. The summed E-state index contributed by atoms with van der Waals surface area (Å²) in [5.74, 6) is 14.3. The van der Waals surface area contributed by atoms with Crippen molar-refractivity contribution in [3.8, 4) is 46.3 Å². The van der Waals surface area contributed by atoms with Crippen LogP contribution in [0.3, 0.4) is 0 Å². The molecule has 0 aromatic heterocycles. The minimum absolute atomic E-state index is 0.186. The van der Waals surface area contributed by atoms with Crippen molar-refractivity contribution in [2.75, 3.05) is 26.4 Å². The van der Waals surface area contributed by atoms with E-state index in [1.165, 1.54) is 34.4 Å². The quantitative estimate of drug-likeness (QED) is 0.0439. The van der Waals surface area contributed by atoms with Gasteiger partial charge >= 0.3 is 11.9 Å². The molecule has 0 aliphatic heterocycles. The Morgan fingerprint density at radius 3 is 1.24 bits per heavy atom. The molecule has 0 radical (unpaired) electrons. The topological polar surface area (TPSA) is 71.1 Å². The molecule has 282 valence electrons. The molecule has 0 unspecified atom stereocenters. The molecule has 4 aromatic carbocycles. The predicted molar refractivity (Wildman–Crippen MR) is 219 cm³/mol. The van der Waals surface area contributed by atoms with E-state index in [9.17, 15) is 9.59 Å². The normalized spacial score (nSPS) is 11.7. The number of carbonyl (C=O) groups excluding carboxylic acids is 2. The average molecular weight is 735 g/mol. The first kappa shape index (κ1) is 40.2. The molecule has 1 aliphatic carbocycles. The average Bonchev–Trinajstić information content (AvgIpc) is 3.43. The largest absolute Gasteiger partial charge is 0.494 e. The van der Waals surface area contributed by atoms with E-state index in [0.717, 1.165) is 85.1 Å². The third-order valence-corrected chi connectivity index (χ3v) is 9.52. The number of rotatable bonds is 18. The van der Waals surface area contributed by atoms with E-state index in [1.807, 2.05) is 48.5 Å². The fraction of sp³-hybridized carbons (Fsp3) is 0.306. The van der Waals surface area contributed by atoms with Gasteiger partial charge in [0.25, 0.3) is 0 Å². The smallest absolute Gasteiger partial charge is 0.330 e. The zero-order valence-corrected chi connectivity index (χ0v) is 32.1. The van der Waals surface area contributed by atoms with Gasteiger partial charge < -0.3 is 18.9 Å². The molecule has 6 heteroatoms. The maximum absolute atomic E-state index is 11.1. The van der Waals surface area contributed by atoms with Gasteiger partial charge in [-0.25, -0.2) is 9.59 Å². The van der Waals surface area contributed by atoms with Crippen molar-refractivity contribution in [2.24, 2.45) is 0 Å².